The molecule has 0 atom stereocenters. The minimum atomic E-state index is 1.82. The largest absolute Gasteiger partial charge is 0.0702 e. The minimum absolute atomic E-state index is 1.82. The summed E-state index contributed by atoms with van der Waals surface area (Å²) in [4.78, 5) is 0. The second kappa shape index (κ2) is 206. The highest BCUT2D eigenvalue weighted by Gasteiger charge is 1.53. The summed E-state index contributed by atoms with van der Waals surface area (Å²) >= 11 is 0. The summed E-state index contributed by atoms with van der Waals surface area (Å²) < 4.78 is 0. The maximum atomic E-state index is 2.77. The van der Waals surface area contributed by atoms with E-state index in [2.05, 4.69) is 12.1 Å². The van der Waals surface area contributed by atoms with Crippen molar-refractivity contribution in [2.75, 3.05) is 0 Å². The van der Waals surface area contributed by atoms with Crippen LogP contribution in [-0.4, -0.2) is 0 Å². The molecule has 0 fully saturated rings. The summed E-state index contributed by atoms with van der Waals surface area (Å²) in [5, 5.41) is 0. The van der Waals surface area contributed by atoms with E-state index in [4.69, 9.17) is 0 Å². The molecule has 0 heteroatoms. The fraction of sp³-hybridized carbons (Fsp3) is 0.700. The van der Waals surface area contributed by atoms with E-state index in [-0.39, 0.29) is 0 Å². The lowest BCUT2D eigenvalue weighted by molar-refractivity contribution is 1.50. The van der Waals surface area contributed by atoms with E-state index in [1.807, 2.05) is 121 Å². The highest BCUT2D eigenvalue weighted by atomic mass is 13.6. The van der Waals surface area contributed by atoms with Gasteiger partial charge in [-0.3, -0.25) is 0 Å². The van der Waals surface area contributed by atoms with Gasteiger partial charge in [-0.25, -0.2) is 0 Å². The van der Waals surface area contributed by atoms with E-state index in [9.17, 15) is 0 Å². The molecule has 20 heavy (non-hydrogen) atoms. The van der Waals surface area contributed by atoms with Crippen LogP contribution in [0.1, 0.15) is 96.9 Å². The first kappa shape index (κ1) is 42.7. The highest BCUT2D eigenvalue weighted by molar-refractivity contribution is 4.89. The number of rotatable bonds is 0. The zero-order valence-electron chi connectivity index (χ0n) is 17.3. The molecule has 1 aromatic carbocycles. The molecule has 0 aliphatic carbocycles. The van der Waals surface area contributed by atoms with E-state index < -0.39 is 0 Å². The molecule has 126 valence electrons. The molecule has 0 unspecified atom stereocenters. The van der Waals surface area contributed by atoms with E-state index in [1.165, 1.54) is 0 Å². The van der Waals surface area contributed by atoms with Crippen molar-refractivity contribution in [2.24, 2.45) is 0 Å². The van der Waals surface area contributed by atoms with Crippen molar-refractivity contribution in [1.29, 1.82) is 0 Å². The van der Waals surface area contributed by atoms with Gasteiger partial charge in [0.1, 0.15) is 0 Å². The summed E-state index contributed by atoms with van der Waals surface area (Å²) in [5.41, 5.74) is 0. The van der Waals surface area contributed by atoms with E-state index in [1.54, 1.807) is 0 Å². The first-order chi connectivity index (χ1) is 10.0. The van der Waals surface area contributed by atoms with Crippen LogP contribution in [0.4, 0.5) is 0 Å². The molecule has 1 rings (SSSR count). The second-order valence-electron chi connectivity index (χ2n) is 1.01. The molecule has 0 saturated carbocycles. The van der Waals surface area contributed by atoms with E-state index in [0.29, 0.717) is 0 Å². The molecule has 0 radical (unpaired) electrons. The monoisotopic (exact) mass is 286 g/mol. The van der Waals surface area contributed by atoms with Gasteiger partial charge in [0.2, 0.25) is 0 Å². The van der Waals surface area contributed by atoms with E-state index >= 15 is 0 Å². The molecule has 1 aromatic rings. The summed E-state index contributed by atoms with van der Waals surface area (Å²) in [7, 11) is 0. The minimum Gasteiger partial charge on any atom is -0.0702 e. The van der Waals surface area contributed by atoms with Gasteiger partial charge in [-0.1, -0.05) is 121 Å². The third-order valence-corrected chi connectivity index (χ3v) is 0.554. The predicted molar refractivity (Wildman–Crippen MR) is 104 cm³/mol. The van der Waals surface area contributed by atoms with Crippen LogP contribution in [0.5, 0.6) is 0 Å². The molecule has 0 saturated heterocycles. The highest BCUT2D eigenvalue weighted by Crippen LogP contribution is 1.71. The third kappa shape index (κ3) is 173. The Balaban J connectivity index is -0.0000000213. The Hall–Kier alpha value is -0.960. The molecule has 0 nitrogen and oxygen atoms in total. The van der Waals surface area contributed by atoms with Gasteiger partial charge < -0.3 is 0 Å². The van der Waals surface area contributed by atoms with Gasteiger partial charge in [-0.15, -0.1) is 0 Å². The number of hydrogen-bond acceptors (Lipinski definition) is 0. The normalized spacial score (nSPS) is 4.10. The zero-order chi connectivity index (χ0) is 18.2. The lowest BCUT2D eigenvalue weighted by Crippen LogP contribution is -1.43. The van der Waals surface area contributed by atoms with Gasteiger partial charge in [0.15, 0.2) is 0 Å². The van der Waals surface area contributed by atoms with Crippen molar-refractivity contribution in [2.45, 2.75) is 96.9 Å². The maximum Gasteiger partial charge on any atom is -0.0115 e. The Labute approximate surface area is 134 Å². The lowest BCUT2D eigenvalue weighted by atomic mass is 10.4. The SMILES string of the molecule is CC.CC.CC.CC.CC.CC.CC.c1ccccc#1. The standard InChI is InChI=1S/C6H4.7C2H6/c1-2-4-6-5-3-1;7*1-2/h1-4H;7*1-2H3. The summed E-state index contributed by atoms with van der Waals surface area (Å²) in [6, 6.07) is 13.0. The van der Waals surface area contributed by atoms with Gasteiger partial charge in [0.25, 0.3) is 0 Å². The Bertz CT molecular complexity index is 72.0. The van der Waals surface area contributed by atoms with Crippen molar-refractivity contribution in [1.82, 2.24) is 0 Å². The molecule has 0 aliphatic rings. The molecule has 0 heterocycles. The van der Waals surface area contributed by atoms with Crippen LogP contribution < -0.4 is 0 Å². The van der Waals surface area contributed by atoms with Crippen molar-refractivity contribution >= 4 is 0 Å². The first-order valence-electron chi connectivity index (χ1n) is 8.83. The summed E-state index contributed by atoms with van der Waals surface area (Å²) in [6.45, 7) is 28.0. The van der Waals surface area contributed by atoms with Gasteiger partial charge in [0, 0.05) is 0 Å². The van der Waals surface area contributed by atoms with Crippen LogP contribution >= 0.6 is 0 Å². The van der Waals surface area contributed by atoms with Gasteiger partial charge in [-0.05, 0) is 12.1 Å². The molecule has 0 bridgehead atoms. The van der Waals surface area contributed by atoms with Crippen LogP contribution in [-0.2, 0) is 0 Å². The van der Waals surface area contributed by atoms with Gasteiger partial charge in [0.05, 0.1) is 0 Å². The summed E-state index contributed by atoms with van der Waals surface area (Å²) in [5.74, 6) is 0. The van der Waals surface area contributed by atoms with Crippen LogP contribution in [0.15, 0.2) is 24.3 Å². The van der Waals surface area contributed by atoms with Crippen molar-refractivity contribution in [3.63, 3.8) is 0 Å². The lowest BCUT2D eigenvalue weighted by Gasteiger charge is -1.61. The molecule has 0 amide bonds. The van der Waals surface area contributed by atoms with Crippen molar-refractivity contribution in [3.8, 4) is 0 Å². The number of hydrogen-bond donors (Lipinski definition) is 0. The van der Waals surface area contributed by atoms with Crippen LogP contribution in [0, 0.1) is 12.1 Å². The molecular formula is C20H46. The molecule has 0 aliphatic heterocycles. The third-order valence-electron chi connectivity index (χ3n) is 0.554. The Morgan fingerprint density at radius 3 is 0.550 bits per heavy atom. The van der Waals surface area contributed by atoms with Gasteiger partial charge in [-0.2, -0.15) is 0 Å². The molecule has 0 spiro atoms. The molecule has 0 aromatic heterocycles. The Kier molecular flexibility index (Phi) is 441. The first-order valence-corrected chi connectivity index (χ1v) is 8.83. The topological polar surface area (TPSA) is 0 Å². The van der Waals surface area contributed by atoms with Crippen molar-refractivity contribution < 1.29 is 0 Å². The summed E-state index contributed by atoms with van der Waals surface area (Å²) in [6.07, 6.45) is 0. The van der Waals surface area contributed by atoms with Gasteiger partial charge >= 0.3 is 0 Å². The average molecular weight is 287 g/mol. The fourth-order valence-electron chi connectivity index (χ4n) is 0.304. The predicted octanol–water partition coefficient (Wildman–Crippen LogP) is 8.47. The Morgan fingerprint density at radius 2 is 0.500 bits per heavy atom. The molecular weight excluding hydrogens is 240 g/mol. The molecule has 0 N–H and O–H groups in total. The van der Waals surface area contributed by atoms with Crippen LogP contribution in [0.2, 0.25) is 0 Å². The van der Waals surface area contributed by atoms with Crippen molar-refractivity contribution in [3.05, 3.63) is 36.4 Å². The maximum absolute atomic E-state index is 2.77. The zero-order valence-corrected chi connectivity index (χ0v) is 17.3. The van der Waals surface area contributed by atoms with Crippen LogP contribution in [0.3, 0.4) is 0 Å². The van der Waals surface area contributed by atoms with Crippen LogP contribution in [0.25, 0.3) is 0 Å². The Morgan fingerprint density at radius 1 is 0.350 bits per heavy atom. The second-order valence-corrected chi connectivity index (χ2v) is 1.01. The average Bonchev–Trinajstić information content (AvgIpc) is 2.68. The van der Waals surface area contributed by atoms with E-state index in [0.717, 1.165) is 0 Å². The smallest absolute Gasteiger partial charge is 0.0115 e. The fourth-order valence-corrected chi connectivity index (χ4v) is 0.304. The quantitative estimate of drug-likeness (QED) is 0.448.